The molecule has 0 aliphatic heterocycles. The summed E-state index contributed by atoms with van der Waals surface area (Å²) in [5.41, 5.74) is 0. The molecule has 1 aromatic rings. The van der Waals surface area contributed by atoms with Crippen molar-refractivity contribution in [2.24, 2.45) is 0 Å². The first-order valence-corrected chi connectivity index (χ1v) is 2.80. The van der Waals surface area contributed by atoms with E-state index in [1.165, 1.54) is 24.3 Å². The molecular weight excluding hydrogens is 214 g/mol. The zero-order chi connectivity index (χ0) is 8.27. The number of rotatable bonds is 2. The van der Waals surface area contributed by atoms with Crippen molar-refractivity contribution in [2.75, 3.05) is 0 Å². The Balaban J connectivity index is 0.00000121. The summed E-state index contributed by atoms with van der Waals surface area (Å²) in [4.78, 5) is 13.9. The second-order valence-electron chi connectivity index (χ2n) is 1.81. The van der Waals surface area contributed by atoms with Gasteiger partial charge in [0, 0.05) is 17.1 Å². The van der Waals surface area contributed by atoms with E-state index < -0.39 is 5.09 Å². The van der Waals surface area contributed by atoms with Crippen LogP contribution in [0.15, 0.2) is 24.3 Å². The van der Waals surface area contributed by atoms with Crippen molar-refractivity contribution in [3.05, 3.63) is 34.4 Å². The number of aromatic hydroxyl groups is 1. The molecule has 1 radical (unpaired) electrons. The van der Waals surface area contributed by atoms with Crippen molar-refractivity contribution in [3.63, 3.8) is 0 Å². The molecule has 0 aliphatic rings. The maximum Gasteiger partial charge on any atom is 0.299 e. The van der Waals surface area contributed by atoms with Gasteiger partial charge in [-0.25, -0.2) is 0 Å². The molecule has 0 atom stereocenters. The molecule has 0 spiro atoms. The molecule has 0 aliphatic carbocycles. The SMILES string of the molecule is O=[N+]([O-])Oc1ccc(O)cc1.[Cu]. The van der Waals surface area contributed by atoms with Crippen LogP contribution < -0.4 is 4.84 Å². The number of benzene rings is 1. The van der Waals surface area contributed by atoms with Crippen LogP contribution in [0.4, 0.5) is 0 Å². The van der Waals surface area contributed by atoms with Gasteiger partial charge in [0.2, 0.25) is 0 Å². The summed E-state index contributed by atoms with van der Waals surface area (Å²) in [7, 11) is 0. The molecule has 1 N–H and O–H groups in total. The Morgan fingerprint density at radius 1 is 1.33 bits per heavy atom. The van der Waals surface area contributed by atoms with Gasteiger partial charge in [0.15, 0.2) is 0 Å². The summed E-state index contributed by atoms with van der Waals surface area (Å²) in [5, 5.41) is 17.6. The van der Waals surface area contributed by atoms with Gasteiger partial charge < -0.3 is 5.11 Å². The number of hydrogen-bond donors (Lipinski definition) is 1. The third-order valence-corrected chi connectivity index (χ3v) is 1.02. The van der Waals surface area contributed by atoms with Gasteiger partial charge in [0.1, 0.15) is 11.5 Å². The van der Waals surface area contributed by atoms with Crippen molar-refractivity contribution >= 4 is 0 Å². The first kappa shape index (κ1) is 10.7. The number of phenolic OH excluding ortho intramolecular Hbond substituents is 1. The van der Waals surface area contributed by atoms with Crippen molar-refractivity contribution < 1.29 is 32.1 Å². The van der Waals surface area contributed by atoms with Crippen LogP contribution in [0.3, 0.4) is 0 Å². The van der Waals surface area contributed by atoms with Crippen LogP contribution in [0.1, 0.15) is 0 Å². The Hall–Kier alpha value is -1.26. The molecule has 0 saturated carbocycles. The van der Waals surface area contributed by atoms with Crippen LogP contribution in [0, 0.1) is 10.1 Å². The zero-order valence-electron chi connectivity index (χ0n) is 5.73. The molecule has 1 aromatic carbocycles. The fourth-order valence-electron chi connectivity index (χ4n) is 0.593. The van der Waals surface area contributed by atoms with Gasteiger partial charge >= 0.3 is 0 Å². The van der Waals surface area contributed by atoms with Crippen molar-refractivity contribution in [2.45, 2.75) is 0 Å². The summed E-state index contributed by atoms with van der Waals surface area (Å²) >= 11 is 0. The smallest absolute Gasteiger partial charge is 0.299 e. The maximum atomic E-state index is 9.77. The Morgan fingerprint density at radius 2 is 1.83 bits per heavy atom. The van der Waals surface area contributed by atoms with Gasteiger partial charge in [-0.2, -0.15) is 0 Å². The molecule has 6 heteroatoms. The van der Waals surface area contributed by atoms with Crippen LogP contribution in [-0.2, 0) is 17.1 Å². The molecule has 0 unspecified atom stereocenters. The van der Waals surface area contributed by atoms with E-state index in [0.717, 1.165) is 0 Å². The zero-order valence-corrected chi connectivity index (χ0v) is 6.67. The average Bonchev–Trinajstić information content (AvgIpc) is 1.93. The molecular formula is C6H5CuNO4. The second kappa shape index (κ2) is 4.58. The molecule has 0 amide bonds. The summed E-state index contributed by atoms with van der Waals surface area (Å²) in [6.45, 7) is 0. The standard InChI is InChI=1S/C6H5NO4.Cu/c8-5-1-3-6(4-2-5)11-7(9)10;/h1-4,8H;. The molecule has 69 valence electrons. The molecule has 0 bridgehead atoms. The topological polar surface area (TPSA) is 72.6 Å². The summed E-state index contributed by atoms with van der Waals surface area (Å²) < 4.78 is 0. The minimum Gasteiger partial charge on any atom is -0.508 e. The number of nitrogens with zero attached hydrogens (tertiary/aromatic N) is 1. The van der Waals surface area contributed by atoms with Crippen LogP contribution in [0.25, 0.3) is 0 Å². The quantitative estimate of drug-likeness (QED) is 0.456. The van der Waals surface area contributed by atoms with Crippen LogP contribution in [-0.4, -0.2) is 10.2 Å². The summed E-state index contributed by atoms with van der Waals surface area (Å²) in [5.74, 6) is 0.133. The fraction of sp³-hybridized carbons (Fsp3) is 0. The summed E-state index contributed by atoms with van der Waals surface area (Å²) in [6, 6.07) is 5.22. The Morgan fingerprint density at radius 3 is 2.25 bits per heavy atom. The monoisotopic (exact) mass is 218 g/mol. The van der Waals surface area contributed by atoms with Crippen LogP contribution in [0.5, 0.6) is 11.5 Å². The molecule has 0 saturated heterocycles. The van der Waals surface area contributed by atoms with E-state index in [9.17, 15) is 10.1 Å². The molecule has 0 heterocycles. The number of phenols is 1. The van der Waals surface area contributed by atoms with Gasteiger partial charge in [-0.05, 0) is 24.3 Å². The van der Waals surface area contributed by atoms with Gasteiger partial charge in [-0.1, -0.05) is 0 Å². The van der Waals surface area contributed by atoms with E-state index >= 15 is 0 Å². The van der Waals surface area contributed by atoms with Crippen molar-refractivity contribution in [1.29, 1.82) is 0 Å². The van der Waals surface area contributed by atoms with E-state index in [-0.39, 0.29) is 28.6 Å². The predicted molar refractivity (Wildman–Crippen MR) is 35.7 cm³/mol. The third kappa shape index (κ3) is 3.23. The van der Waals surface area contributed by atoms with Gasteiger partial charge in [0.25, 0.3) is 5.09 Å². The molecule has 0 aromatic heterocycles. The minimum absolute atomic E-state index is 0. The minimum atomic E-state index is -0.910. The predicted octanol–water partition coefficient (Wildman–Crippen LogP) is 0.960. The number of hydrogen-bond acceptors (Lipinski definition) is 4. The van der Waals surface area contributed by atoms with Crippen LogP contribution in [0.2, 0.25) is 0 Å². The molecule has 1 rings (SSSR count). The normalized spacial score (nSPS) is 8.33. The Bertz CT molecular complexity index is 261. The van der Waals surface area contributed by atoms with E-state index in [1.54, 1.807) is 0 Å². The van der Waals surface area contributed by atoms with Gasteiger partial charge in [-0.3, -0.25) is 4.84 Å². The molecule has 5 nitrogen and oxygen atoms in total. The Labute approximate surface area is 78.5 Å². The average molecular weight is 219 g/mol. The van der Waals surface area contributed by atoms with Crippen molar-refractivity contribution in [3.8, 4) is 11.5 Å². The Kier molecular flexibility index (Phi) is 4.10. The van der Waals surface area contributed by atoms with E-state index in [2.05, 4.69) is 4.84 Å². The third-order valence-electron chi connectivity index (χ3n) is 1.02. The summed E-state index contributed by atoms with van der Waals surface area (Å²) in [6.07, 6.45) is 0. The van der Waals surface area contributed by atoms with E-state index in [4.69, 9.17) is 5.11 Å². The maximum absolute atomic E-state index is 9.77. The second-order valence-corrected chi connectivity index (χ2v) is 1.81. The van der Waals surface area contributed by atoms with Crippen molar-refractivity contribution in [1.82, 2.24) is 0 Å². The largest absolute Gasteiger partial charge is 0.508 e. The first-order chi connectivity index (χ1) is 5.18. The van der Waals surface area contributed by atoms with E-state index in [0.29, 0.717) is 0 Å². The first-order valence-electron chi connectivity index (χ1n) is 2.80. The van der Waals surface area contributed by atoms with Gasteiger partial charge in [-0.15, -0.1) is 10.1 Å². The van der Waals surface area contributed by atoms with Crippen LogP contribution >= 0.6 is 0 Å². The molecule has 12 heavy (non-hydrogen) atoms. The molecule has 0 fully saturated rings. The van der Waals surface area contributed by atoms with Gasteiger partial charge in [0.05, 0.1) is 0 Å². The van der Waals surface area contributed by atoms with E-state index in [1.807, 2.05) is 0 Å². The fourth-order valence-corrected chi connectivity index (χ4v) is 0.593.